The molecular weight excluding hydrogens is 362 g/mol. The molecule has 0 aliphatic carbocycles. The monoisotopic (exact) mass is 387 g/mol. The van der Waals surface area contributed by atoms with Crippen molar-refractivity contribution in [2.75, 3.05) is 30.3 Å². The first-order valence-corrected chi connectivity index (χ1v) is 10.6. The van der Waals surface area contributed by atoms with E-state index >= 15 is 0 Å². The Morgan fingerprint density at radius 3 is 2.15 bits per heavy atom. The maximum Gasteiger partial charge on any atom is 0.243 e. The molecular formula is C20H25N3O3S. The molecule has 0 bridgehead atoms. The topological polar surface area (TPSA) is 78.5 Å². The second-order valence-corrected chi connectivity index (χ2v) is 8.69. The number of nitrogens with one attached hydrogen (secondary N) is 2. The molecule has 0 radical (unpaired) electrons. The third kappa shape index (κ3) is 5.08. The van der Waals surface area contributed by atoms with Crippen LogP contribution < -0.4 is 10.6 Å². The molecule has 2 N–H and O–H groups in total. The molecule has 144 valence electrons. The summed E-state index contributed by atoms with van der Waals surface area (Å²) in [5, 5.41) is 5.83. The van der Waals surface area contributed by atoms with Crippen LogP contribution in [0.1, 0.15) is 24.8 Å². The van der Waals surface area contributed by atoms with Crippen LogP contribution in [0.25, 0.3) is 0 Å². The third-order valence-electron chi connectivity index (χ3n) is 4.60. The van der Waals surface area contributed by atoms with Gasteiger partial charge in [0.25, 0.3) is 0 Å². The number of carbonyl (C=O) groups excluding carboxylic acids is 1. The Morgan fingerprint density at radius 2 is 1.52 bits per heavy atom. The summed E-state index contributed by atoms with van der Waals surface area (Å²) in [6.07, 6.45) is 2.89. The molecule has 6 nitrogen and oxygen atoms in total. The van der Waals surface area contributed by atoms with Gasteiger partial charge in [0.15, 0.2) is 0 Å². The first-order valence-electron chi connectivity index (χ1n) is 9.16. The molecule has 7 heteroatoms. The average molecular weight is 388 g/mol. The SMILES string of the molecule is Cc1ccc(NCC(=O)Nc2ccc(S(=O)(=O)N3CCCCC3)cc2)cc1. The van der Waals surface area contributed by atoms with Crippen molar-refractivity contribution in [2.24, 2.45) is 0 Å². The molecule has 0 atom stereocenters. The zero-order chi connectivity index (χ0) is 19.3. The smallest absolute Gasteiger partial charge is 0.243 e. The summed E-state index contributed by atoms with van der Waals surface area (Å²) in [7, 11) is -3.45. The number of hydrogen-bond acceptors (Lipinski definition) is 4. The Balaban J connectivity index is 1.56. The normalized spacial score (nSPS) is 15.3. The predicted molar refractivity (Wildman–Crippen MR) is 107 cm³/mol. The van der Waals surface area contributed by atoms with Gasteiger partial charge < -0.3 is 10.6 Å². The van der Waals surface area contributed by atoms with E-state index in [-0.39, 0.29) is 17.3 Å². The summed E-state index contributed by atoms with van der Waals surface area (Å²) >= 11 is 0. The largest absolute Gasteiger partial charge is 0.376 e. The number of sulfonamides is 1. The number of amides is 1. The van der Waals surface area contributed by atoms with E-state index in [1.807, 2.05) is 31.2 Å². The van der Waals surface area contributed by atoms with E-state index < -0.39 is 10.0 Å². The Hall–Kier alpha value is -2.38. The molecule has 0 saturated carbocycles. The minimum Gasteiger partial charge on any atom is -0.376 e. The molecule has 1 aliphatic heterocycles. The quantitative estimate of drug-likeness (QED) is 0.798. The number of anilines is 2. The van der Waals surface area contributed by atoms with Crippen molar-refractivity contribution in [3.8, 4) is 0 Å². The summed E-state index contributed by atoms with van der Waals surface area (Å²) in [6.45, 7) is 3.29. The summed E-state index contributed by atoms with van der Waals surface area (Å²) < 4.78 is 26.8. The second-order valence-electron chi connectivity index (χ2n) is 6.76. The van der Waals surface area contributed by atoms with Crippen LogP contribution >= 0.6 is 0 Å². The molecule has 27 heavy (non-hydrogen) atoms. The highest BCUT2D eigenvalue weighted by atomic mass is 32.2. The Morgan fingerprint density at radius 1 is 0.926 bits per heavy atom. The van der Waals surface area contributed by atoms with Gasteiger partial charge in [-0.25, -0.2) is 8.42 Å². The number of aryl methyl sites for hydroxylation is 1. The third-order valence-corrected chi connectivity index (χ3v) is 6.51. The molecule has 2 aromatic carbocycles. The molecule has 1 amide bonds. The van der Waals surface area contributed by atoms with Crippen molar-refractivity contribution in [3.63, 3.8) is 0 Å². The van der Waals surface area contributed by atoms with E-state index in [0.29, 0.717) is 18.8 Å². The van der Waals surface area contributed by atoms with Gasteiger partial charge in [-0.05, 0) is 56.2 Å². The highest BCUT2D eigenvalue weighted by molar-refractivity contribution is 7.89. The molecule has 1 aliphatic rings. The van der Waals surface area contributed by atoms with Gasteiger partial charge >= 0.3 is 0 Å². The number of hydrogen-bond donors (Lipinski definition) is 2. The van der Waals surface area contributed by atoms with Crippen LogP contribution in [-0.2, 0) is 14.8 Å². The maximum absolute atomic E-state index is 12.6. The molecule has 2 aromatic rings. The van der Waals surface area contributed by atoms with Crippen LogP contribution in [0.5, 0.6) is 0 Å². The lowest BCUT2D eigenvalue weighted by molar-refractivity contribution is -0.114. The standard InChI is InChI=1S/C20H25N3O3S/c1-16-5-7-17(8-6-16)21-15-20(24)22-18-9-11-19(12-10-18)27(25,26)23-13-3-2-4-14-23/h5-12,21H,2-4,13-15H2,1H3,(H,22,24). The van der Waals surface area contributed by atoms with Gasteiger partial charge in [-0.3, -0.25) is 4.79 Å². The van der Waals surface area contributed by atoms with Gasteiger partial charge in [-0.15, -0.1) is 0 Å². The second kappa shape index (κ2) is 8.54. The zero-order valence-corrected chi connectivity index (χ0v) is 16.3. The number of benzene rings is 2. The minimum atomic E-state index is -3.45. The Labute approximate surface area is 160 Å². The molecule has 0 aromatic heterocycles. The van der Waals surface area contributed by atoms with Crippen molar-refractivity contribution in [1.29, 1.82) is 0 Å². The Kier molecular flexibility index (Phi) is 6.13. The van der Waals surface area contributed by atoms with Gasteiger partial charge in [-0.2, -0.15) is 4.31 Å². The first kappa shape index (κ1) is 19.4. The fourth-order valence-electron chi connectivity index (χ4n) is 3.02. The number of rotatable bonds is 6. The van der Waals surface area contributed by atoms with E-state index in [9.17, 15) is 13.2 Å². The van der Waals surface area contributed by atoms with Crippen molar-refractivity contribution in [1.82, 2.24) is 4.31 Å². The lowest BCUT2D eigenvalue weighted by atomic mass is 10.2. The van der Waals surface area contributed by atoms with Crippen LogP contribution in [0.15, 0.2) is 53.4 Å². The summed E-state index contributed by atoms with van der Waals surface area (Å²) in [5.74, 6) is -0.192. The van der Waals surface area contributed by atoms with E-state index in [4.69, 9.17) is 0 Å². The molecule has 3 rings (SSSR count). The van der Waals surface area contributed by atoms with Crippen molar-refractivity contribution >= 4 is 27.3 Å². The van der Waals surface area contributed by atoms with E-state index in [1.165, 1.54) is 4.31 Å². The summed E-state index contributed by atoms with van der Waals surface area (Å²) in [5.41, 5.74) is 2.60. The average Bonchev–Trinajstić information content (AvgIpc) is 2.69. The number of piperidine rings is 1. The van der Waals surface area contributed by atoms with Gasteiger partial charge in [-0.1, -0.05) is 24.1 Å². The van der Waals surface area contributed by atoms with Crippen molar-refractivity contribution in [3.05, 3.63) is 54.1 Å². The molecule has 0 spiro atoms. The first-order chi connectivity index (χ1) is 12.9. The fourth-order valence-corrected chi connectivity index (χ4v) is 4.54. The van der Waals surface area contributed by atoms with Crippen LogP contribution in [0, 0.1) is 6.92 Å². The fraction of sp³-hybridized carbons (Fsp3) is 0.350. The van der Waals surface area contributed by atoms with E-state index in [2.05, 4.69) is 10.6 Å². The van der Waals surface area contributed by atoms with Gasteiger partial charge in [0.2, 0.25) is 15.9 Å². The van der Waals surface area contributed by atoms with Gasteiger partial charge in [0, 0.05) is 24.5 Å². The van der Waals surface area contributed by atoms with Crippen LogP contribution in [0.3, 0.4) is 0 Å². The molecule has 1 heterocycles. The molecule has 0 unspecified atom stereocenters. The highest BCUT2D eigenvalue weighted by Crippen LogP contribution is 2.22. The number of carbonyl (C=O) groups is 1. The molecule has 1 saturated heterocycles. The lowest BCUT2D eigenvalue weighted by Crippen LogP contribution is -2.35. The number of nitrogens with zero attached hydrogens (tertiary/aromatic N) is 1. The lowest BCUT2D eigenvalue weighted by Gasteiger charge is -2.25. The van der Waals surface area contributed by atoms with E-state index in [0.717, 1.165) is 30.5 Å². The van der Waals surface area contributed by atoms with Crippen LogP contribution in [-0.4, -0.2) is 38.3 Å². The van der Waals surface area contributed by atoms with Crippen LogP contribution in [0.4, 0.5) is 11.4 Å². The van der Waals surface area contributed by atoms with Gasteiger partial charge in [0.1, 0.15) is 0 Å². The molecule has 1 fully saturated rings. The zero-order valence-electron chi connectivity index (χ0n) is 15.4. The minimum absolute atomic E-state index is 0.136. The van der Waals surface area contributed by atoms with Gasteiger partial charge in [0.05, 0.1) is 11.4 Å². The summed E-state index contributed by atoms with van der Waals surface area (Å²) in [4.78, 5) is 12.3. The Bertz CT molecular complexity index is 872. The maximum atomic E-state index is 12.6. The highest BCUT2D eigenvalue weighted by Gasteiger charge is 2.25. The van der Waals surface area contributed by atoms with Crippen LogP contribution in [0.2, 0.25) is 0 Å². The van der Waals surface area contributed by atoms with Crippen molar-refractivity contribution < 1.29 is 13.2 Å². The summed E-state index contributed by atoms with van der Waals surface area (Å²) in [6, 6.07) is 14.1. The van der Waals surface area contributed by atoms with Crippen molar-refractivity contribution in [2.45, 2.75) is 31.1 Å². The predicted octanol–water partition coefficient (Wildman–Crippen LogP) is 3.22. The van der Waals surface area contributed by atoms with E-state index in [1.54, 1.807) is 24.3 Å².